The van der Waals surface area contributed by atoms with Crippen molar-refractivity contribution in [2.45, 2.75) is 31.7 Å². The topological polar surface area (TPSA) is 9.23 Å². The molecule has 1 aromatic carbocycles. The summed E-state index contributed by atoms with van der Waals surface area (Å²) in [6, 6.07) is 6.49. The van der Waals surface area contributed by atoms with E-state index in [4.69, 9.17) is 16.0 Å². The third kappa shape index (κ3) is 3.17. The lowest BCUT2D eigenvalue weighted by Gasteiger charge is -2.28. The molecule has 100 valence electrons. The van der Waals surface area contributed by atoms with Gasteiger partial charge in [-0.15, -0.1) is 6.58 Å². The standard InChI is InChI=1S/C14H22ClOPSi/c1-7-14(2,17-15)12-10-11(18(4,5)6)8-9-13(12)16-3/h7-10,17H,1H2,2-6H3. The van der Waals surface area contributed by atoms with Crippen molar-refractivity contribution in [3.05, 3.63) is 36.4 Å². The molecule has 0 amide bonds. The molecular weight excluding hydrogens is 279 g/mol. The second-order valence-corrected chi connectivity index (χ2v) is 12.5. The Labute approximate surface area is 118 Å². The minimum Gasteiger partial charge on any atom is -0.496 e. The first kappa shape index (κ1) is 15.8. The van der Waals surface area contributed by atoms with E-state index in [9.17, 15) is 0 Å². The fourth-order valence-electron chi connectivity index (χ4n) is 1.78. The van der Waals surface area contributed by atoms with Crippen molar-refractivity contribution >= 4 is 32.4 Å². The van der Waals surface area contributed by atoms with E-state index >= 15 is 0 Å². The Morgan fingerprint density at radius 3 is 2.39 bits per heavy atom. The van der Waals surface area contributed by atoms with Crippen molar-refractivity contribution in [1.29, 1.82) is 0 Å². The predicted molar refractivity (Wildman–Crippen MR) is 87.7 cm³/mol. The highest BCUT2D eigenvalue weighted by Gasteiger charge is 2.28. The van der Waals surface area contributed by atoms with Gasteiger partial charge in [0.15, 0.2) is 0 Å². The average Bonchev–Trinajstić information content (AvgIpc) is 2.36. The summed E-state index contributed by atoms with van der Waals surface area (Å²) in [4.78, 5) is 0. The van der Waals surface area contributed by atoms with Crippen LogP contribution in [0.5, 0.6) is 5.75 Å². The molecular formula is C14H22ClOPSi. The van der Waals surface area contributed by atoms with Crippen LogP contribution in [0.4, 0.5) is 0 Å². The number of halogens is 1. The lowest BCUT2D eigenvalue weighted by molar-refractivity contribution is 0.407. The summed E-state index contributed by atoms with van der Waals surface area (Å²) in [5.74, 6) is 0.896. The zero-order chi connectivity index (χ0) is 14.0. The molecule has 0 heterocycles. The zero-order valence-electron chi connectivity index (χ0n) is 11.8. The van der Waals surface area contributed by atoms with Crippen LogP contribution in [-0.2, 0) is 5.16 Å². The van der Waals surface area contributed by atoms with E-state index < -0.39 is 8.07 Å². The number of rotatable bonds is 5. The Balaban J connectivity index is 3.44. The van der Waals surface area contributed by atoms with Crippen molar-refractivity contribution in [2.75, 3.05) is 7.11 Å². The third-order valence-electron chi connectivity index (χ3n) is 3.23. The normalized spacial score (nSPS) is 15.7. The molecule has 1 aromatic rings. The maximum absolute atomic E-state index is 6.15. The van der Waals surface area contributed by atoms with Gasteiger partial charge in [-0.25, -0.2) is 0 Å². The lowest BCUT2D eigenvalue weighted by atomic mass is 9.99. The Morgan fingerprint density at radius 2 is 2.00 bits per heavy atom. The molecule has 0 saturated heterocycles. The van der Waals surface area contributed by atoms with Crippen molar-refractivity contribution < 1.29 is 4.74 Å². The minimum absolute atomic E-state index is 0.220. The van der Waals surface area contributed by atoms with E-state index in [1.807, 2.05) is 6.08 Å². The van der Waals surface area contributed by atoms with Crippen LogP contribution in [0.15, 0.2) is 30.9 Å². The van der Waals surface area contributed by atoms with Crippen molar-refractivity contribution in [3.63, 3.8) is 0 Å². The number of methoxy groups -OCH3 is 1. The van der Waals surface area contributed by atoms with Crippen molar-refractivity contribution in [2.24, 2.45) is 0 Å². The number of hydrogen-bond acceptors (Lipinski definition) is 1. The highest BCUT2D eigenvalue weighted by atomic mass is 35.7. The van der Waals surface area contributed by atoms with Gasteiger partial charge in [-0.05, 0) is 20.9 Å². The summed E-state index contributed by atoms with van der Waals surface area (Å²) in [6.45, 7) is 13.1. The smallest absolute Gasteiger partial charge is 0.123 e. The van der Waals surface area contributed by atoms with Gasteiger partial charge < -0.3 is 4.74 Å². The number of ether oxygens (including phenoxy) is 1. The molecule has 0 radical (unpaired) electrons. The summed E-state index contributed by atoms with van der Waals surface area (Å²) in [7, 11) is 0.616. The van der Waals surface area contributed by atoms with Crippen LogP contribution in [-0.4, -0.2) is 15.2 Å². The Morgan fingerprint density at radius 1 is 1.39 bits per heavy atom. The highest BCUT2D eigenvalue weighted by molar-refractivity contribution is 7.69. The van der Waals surface area contributed by atoms with E-state index in [0.29, 0.717) is 0 Å². The molecule has 0 aliphatic heterocycles. The highest BCUT2D eigenvalue weighted by Crippen LogP contribution is 2.48. The number of benzene rings is 1. The van der Waals surface area contributed by atoms with Gasteiger partial charge in [-0.1, -0.05) is 54.3 Å². The van der Waals surface area contributed by atoms with Gasteiger partial charge in [0, 0.05) is 10.7 Å². The first-order valence-electron chi connectivity index (χ1n) is 5.99. The Bertz CT molecular complexity index is 442. The molecule has 18 heavy (non-hydrogen) atoms. The van der Waals surface area contributed by atoms with E-state index in [1.54, 1.807) is 7.11 Å². The molecule has 0 saturated carbocycles. The summed E-state index contributed by atoms with van der Waals surface area (Å²) >= 11 is 6.15. The monoisotopic (exact) mass is 300 g/mol. The fourth-order valence-corrected chi connectivity index (χ4v) is 3.85. The molecule has 1 rings (SSSR count). The molecule has 0 bridgehead atoms. The van der Waals surface area contributed by atoms with Gasteiger partial charge in [0.05, 0.1) is 15.2 Å². The van der Waals surface area contributed by atoms with E-state index in [1.165, 1.54) is 5.19 Å². The third-order valence-corrected chi connectivity index (χ3v) is 7.32. The molecule has 0 aliphatic rings. The first-order valence-corrected chi connectivity index (χ1v) is 11.5. The lowest BCUT2D eigenvalue weighted by Crippen LogP contribution is -2.38. The molecule has 0 N–H and O–H groups in total. The SMILES string of the molecule is C=CC(C)(PCl)c1cc([Si](C)(C)C)ccc1OC. The summed E-state index contributed by atoms with van der Waals surface area (Å²) in [5, 5.41) is 1.20. The van der Waals surface area contributed by atoms with Crippen LogP contribution in [0, 0.1) is 0 Å². The summed E-state index contributed by atoms with van der Waals surface area (Å²) < 4.78 is 5.48. The summed E-state index contributed by atoms with van der Waals surface area (Å²) in [5.41, 5.74) is 1.15. The van der Waals surface area contributed by atoms with Crippen LogP contribution in [0.3, 0.4) is 0 Å². The maximum Gasteiger partial charge on any atom is 0.123 e. The van der Waals surface area contributed by atoms with E-state index in [2.05, 4.69) is 51.3 Å². The maximum atomic E-state index is 6.15. The number of hydrogen-bond donors (Lipinski definition) is 0. The first-order chi connectivity index (χ1) is 8.28. The second-order valence-electron chi connectivity index (χ2n) is 5.67. The van der Waals surface area contributed by atoms with E-state index in [0.717, 1.165) is 11.3 Å². The minimum atomic E-state index is -1.33. The van der Waals surface area contributed by atoms with Gasteiger partial charge in [-0.2, -0.15) is 0 Å². The largest absolute Gasteiger partial charge is 0.496 e. The zero-order valence-corrected chi connectivity index (χ0v) is 14.6. The Kier molecular flexibility index (Phi) is 5.05. The van der Waals surface area contributed by atoms with Crippen LogP contribution in [0.25, 0.3) is 0 Å². The average molecular weight is 301 g/mol. The van der Waals surface area contributed by atoms with Crippen molar-refractivity contribution in [1.82, 2.24) is 0 Å². The molecule has 0 spiro atoms. The van der Waals surface area contributed by atoms with Crippen molar-refractivity contribution in [3.8, 4) is 5.75 Å². The van der Waals surface area contributed by atoms with Crippen LogP contribution in [0.1, 0.15) is 12.5 Å². The van der Waals surface area contributed by atoms with Crippen LogP contribution >= 0.6 is 19.2 Å². The molecule has 1 nitrogen and oxygen atoms in total. The van der Waals surface area contributed by atoms with Crippen LogP contribution < -0.4 is 9.92 Å². The van der Waals surface area contributed by atoms with Crippen LogP contribution in [0.2, 0.25) is 19.6 Å². The molecule has 2 unspecified atom stereocenters. The van der Waals surface area contributed by atoms with Gasteiger partial charge in [-0.3, -0.25) is 0 Å². The Hall–Kier alpha value is -0.303. The molecule has 0 fully saturated rings. The van der Waals surface area contributed by atoms with Gasteiger partial charge >= 0.3 is 0 Å². The second kappa shape index (κ2) is 5.77. The summed E-state index contributed by atoms with van der Waals surface area (Å²) in [6.07, 6.45) is 1.92. The number of allylic oxidation sites excluding steroid dienone is 1. The quantitative estimate of drug-likeness (QED) is 0.443. The molecule has 0 aliphatic carbocycles. The molecule has 0 aromatic heterocycles. The van der Waals surface area contributed by atoms with Gasteiger partial charge in [0.2, 0.25) is 0 Å². The van der Waals surface area contributed by atoms with Gasteiger partial charge in [0.25, 0.3) is 0 Å². The molecule has 4 heteroatoms. The van der Waals surface area contributed by atoms with E-state index in [-0.39, 0.29) is 13.1 Å². The fraction of sp³-hybridized carbons (Fsp3) is 0.429. The molecule has 2 atom stereocenters. The predicted octanol–water partition coefficient (Wildman–Crippen LogP) is 4.47. The van der Waals surface area contributed by atoms with Gasteiger partial charge in [0.1, 0.15) is 5.75 Å².